The van der Waals surface area contributed by atoms with Crippen LogP contribution in [0.5, 0.6) is 11.5 Å². The first-order valence-electron chi connectivity index (χ1n) is 5.61. The SMILES string of the molecule is COc1ccc(/C=C/C(=O)O[C@H](C)C#N)c(OC)c1. The number of esters is 1. The molecule has 1 aromatic carbocycles. The second-order valence-corrected chi connectivity index (χ2v) is 3.65. The van der Waals surface area contributed by atoms with E-state index in [2.05, 4.69) is 0 Å². The van der Waals surface area contributed by atoms with E-state index >= 15 is 0 Å². The highest BCUT2D eigenvalue weighted by Crippen LogP contribution is 2.25. The largest absolute Gasteiger partial charge is 0.497 e. The molecule has 1 atom stereocenters. The maximum atomic E-state index is 11.4. The van der Waals surface area contributed by atoms with Crippen LogP contribution < -0.4 is 9.47 Å². The molecular formula is C14H15NO4. The van der Waals surface area contributed by atoms with Gasteiger partial charge < -0.3 is 14.2 Å². The zero-order valence-electron chi connectivity index (χ0n) is 11.0. The molecule has 0 aliphatic heterocycles. The highest BCUT2D eigenvalue weighted by Gasteiger charge is 2.06. The molecule has 0 amide bonds. The van der Waals surface area contributed by atoms with Crippen molar-refractivity contribution < 1.29 is 19.0 Å². The van der Waals surface area contributed by atoms with Gasteiger partial charge in [0.05, 0.1) is 14.2 Å². The van der Waals surface area contributed by atoms with Crippen molar-refractivity contribution in [3.05, 3.63) is 29.8 Å². The third-order valence-corrected chi connectivity index (χ3v) is 2.31. The second-order valence-electron chi connectivity index (χ2n) is 3.65. The molecule has 0 aromatic heterocycles. The minimum absolute atomic E-state index is 0.577. The molecule has 0 spiro atoms. The Hall–Kier alpha value is -2.48. The molecule has 19 heavy (non-hydrogen) atoms. The van der Waals surface area contributed by atoms with Gasteiger partial charge in [0.2, 0.25) is 0 Å². The van der Waals surface area contributed by atoms with E-state index in [0.29, 0.717) is 17.1 Å². The van der Waals surface area contributed by atoms with Gasteiger partial charge in [-0.1, -0.05) is 0 Å². The molecule has 1 rings (SSSR count). The Morgan fingerprint density at radius 1 is 1.37 bits per heavy atom. The van der Waals surface area contributed by atoms with Crippen LogP contribution in [0.2, 0.25) is 0 Å². The van der Waals surface area contributed by atoms with E-state index in [1.54, 1.807) is 31.4 Å². The van der Waals surface area contributed by atoms with Crippen molar-refractivity contribution >= 4 is 12.0 Å². The Labute approximate surface area is 112 Å². The van der Waals surface area contributed by atoms with Crippen molar-refractivity contribution in [3.8, 4) is 17.6 Å². The highest BCUT2D eigenvalue weighted by atomic mass is 16.5. The summed E-state index contributed by atoms with van der Waals surface area (Å²) in [6.07, 6.45) is 2.04. The van der Waals surface area contributed by atoms with Crippen molar-refractivity contribution in [1.29, 1.82) is 5.26 Å². The van der Waals surface area contributed by atoms with Gasteiger partial charge in [-0.25, -0.2) is 4.79 Å². The summed E-state index contributed by atoms with van der Waals surface area (Å²) in [4.78, 5) is 11.4. The summed E-state index contributed by atoms with van der Waals surface area (Å²) in [5, 5.41) is 8.52. The number of rotatable bonds is 5. The van der Waals surface area contributed by atoms with Crippen molar-refractivity contribution in [2.75, 3.05) is 14.2 Å². The number of nitriles is 1. The number of nitrogens with zero attached hydrogens (tertiary/aromatic N) is 1. The average molecular weight is 261 g/mol. The van der Waals surface area contributed by atoms with Gasteiger partial charge in [0.25, 0.3) is 0 Å². The van der Waals surface area contributed by atoms with Crippen molar-refractivity contribution in [2.24, 2.45) is 0 Å². The number of ether oxygens (including phenoxy) is 3. The molecule has 0 saturated heterocycles. The fourth-order valence-corrected chi connectivity index (χ4v) is 1.35. The Kier molecular flexibility index (Phi) is 5.42. The lowest BCUT2D eigenvalue weighted by Gasteiger charge is -2.07. The Bertz CT molecular complexity index is 517. The van der Waals surface area contributed by atoms with E-state index in [9.17, 15) is 4.79 Å². The number of carbonyl (C=O) groups is 1. The fourth-order valence-electron chi connectivity index (χ4n) is 1.35. The minimum Gasteiger partial charge on any atom is -0.497 e. The van der Waals surface area contributed by atoms with Crippen LogP contribution in [0.3, 0.4) is 0 Å². The highest BCUT2D eigenvalue weighted by molar-refractivity contribution is 5.87. The van der Waals surface area contributed by atoms with Crippen molar-refractivity contribution in [2.45, 2.75) is 13.0 Å². The Morgan fingerprint density at radius 3 is 2.68 bits per heavy atom. The minimum atomic E-state index is -0.769. The zero-order chi connectivity index (χ0) is 14.3. The first-order valence-corrected chi connectivity index (χ1v) is 5.61. The molecule has 100 valence electrons. The normalized spacial score (nSPS) is 11.7. The lowest BCUT2D eigenvalue weighted by atomic mass is 10.2. The number of methoxy groups -OCH3 is 2. The van der Waals surface area contributed by atoms with Crippen LogP contribution in [-0.2, 0) is 9.53 Å². The number of hydrogen-bond donors (Lipinski definition) is 0. The van der Waals surface area contributed by atoms with Crippen LogP contribution in [0.1, 0.15) is 12.5 Å². The number of hydrogen-bond acceptors (Lipinski definition) is 5. The van der Waals surface area contributed by atoms with Crippen LogP contribution in [0.4, 0.5) is 0 Å². The van der Waals surface area contributed by atoms with Gasteiger partial charge in [-0.2, -0.15) is 5.26 Å². The molecule has 0 unspecified atom stereocenters. The van der Waals surface area contributed by atoms with Gasteiger partial charge in [-0.05, 0) is 25.1 Å². The number of benzene rings is 1. The average Bonchev–Trinajstić information content (AvgIpc) is 2.44. The lowest BCUT2D eigenvalue weighted by Crippen LogP contribution is -2.10. The third-order valence-electron chi connectivity index (χ3n) is 2.31. The standard InChI is InChI=1S/C14H15NO4/c1-10(9-15)19-14(16)7-5-11-4-6-12(17-2)8-13(11)18-3/h4-8,10H,1-3H3/b7-5+/t10-/m1/s1. The van der Waals surface area contributed by atoms with Crippen LogP contribution in [0, 0.1) is 11.3 Å². The van der Waals surface area contributed by atoms with E-state index in [1.165, 1.54) is 20.1 Å². The van der Waals surface area contributed by atoms with Gasteiger partial charge in [0.1, 0.15) is 17.6 Å². The predicted molar refractivity (Wildman–Crippen MR) is 69.7 cm³/mol. The van der Waals surface area contributed by atoms with E-state index in [4.69, 9.17) is 19.5 Å². The summed E-state index contributed by atoms with van der Waals surface area (Å²) in [6.45, 7) is 1.50. The molecule has 0 saturated carbocycles. The van der Waals surface area contributed by atoms with E-state index in [0.717, 1.165) is 0 Å². The first kappa shape index (κ1) is 14.6. The summed E-state index contributed by atoms with van der Waals surface area (Å²) in [6, 6.07) is 7.04. The van der Waals surface area contributed by atoms with Gasteiger partial charge in [0.15, 0.2) is 6.10 Å². The Balaban J connectivity index is 2.82. The monoisotopic (exact) mass is 261 g/mol. The fraction of sp³-hybridized carbons (Fsp3) is 0.286. The number of carbonyl (C=O) groups excluding carboxylic acids is 1. The molecule has 0 radical (unpaired) electrons. The smallest absolute Gasteiger partial charge is 0.332 e. The predicted octanol–water partition coefficient (Wildman–Crippen LogP) is 2.17. The molecular weight excluding hydrogens is 246 g/mol. The molecule has 0 N–H and O–H groups in total. The van der Waals surface area contributed by atoms with E-state index in [1.807, 2.05) is 6.07 Å². The maximum absolute atomic E-state index is 11.4. The quantitative estimate of drug-likeness (QED) is 0.600. The molecule has 5 nitrogen and oxygen atoms in total. The van der Waals surface area contributed by atoms with Crippen LogP contribution in [0.25, 0.3) is 6.08 Å². The molecule has 0 fully saturated rings. The van der Waals surface area contributed by atoms with Gasteiger partial charge in [0, 0.05) is 17.7 Å². The molecule has 5 heteroatoms. The molecule has 0 bridgehead atoms. The van der Waals surface area contributed by atoms with Gasteiger partial charge in [-0.15, -0.1) is 0 Å². The summed E-state index contributed by atoms with van der Waals surface area (Å²) < 4.78 is 15.0. The maximum Gasteiger partial charge on any atom is 0.332 e. The molecule has 0 heterocycles. The summed E-state index contributed by atoms with van der Waals surface area (Å²) >= 11 is 0. The van der Waals surface area contributed by atoms with E-state index < -0.39 is 12.1 Å². The van der Waals surface area contributed by atoms with Crippen LogP contribution in [-0.4, -0.2) is 26.3 Å². The molecule has 1 aromatic rings. The second kappa shape index (κ2) is 7.07. The van der Waals surface area contributed by atoms with Crippen molar-refractivity contribution in [3.63, 3.8) is 0 Å². The molecule has 0 aliphatic carbocycles. The lowest BCUT2D eigenvalue weighted by molar-refractivity contribution is -0.139. The van der Waals surface area contributed by atoms with Crippen molar-refractivity contribution in [1.82, 2.24) is 0 Å². The third kappa shape index (κ3) is 4.36. The first-order chi connectivity index (χ1) is 9.10. The van der Waals surface area contributed by atoms with Gasteiger partial charge >= 0.3 is 5.97 Å². The zero-order valence-corrected chi connectivity index (χ0v) is 11.0. The Morgan fingerprint density at radius 2 is 2.11 bits per heavy atom. The van der Waals surface area contributed by atoms with Crippen LogP contribution >= 0.6 is 0 Å². The summed E-state index contributed by atoms with van der Waals surface area (Å²) in [7, 11) is 3.09. The summed E-state index contributed by atoms with van der Waals surface area (Å²) in [5.41, 5.74) is 0.713. The topological polar surface area (TPSA) is 68.5 Å². The van der Waals surface area contributed by atoms with E-state index in [-0.39, 0.29) is 0 Å². The summed E-state index contributed by atoms with van der Waals surface area (Å²) in [5.74, 6) is 0.665. The molecule has 0 aliphatic rings. The van der Waals surface area contributed by atoms with Gasteiger partial charge in [-0.3, -0.25) is 0 Å². The van der Waals surface area contributed by atoms with Crippen LogP contribution in [0.15, 0.2) is 24.3 Å².